The summed E-state index contributed by atoms with van der Waals surface area (Å²) in [5.41, 5.74) is -2.24. The number of rotatable bonds is 7. The number of benzene rings is 2. The minimum atomic E-state index is -1.78. The van der Waals surface area contributed by atoms with E-state index in [4.69, 9.17) is 10.2 Å². The molecule has 0 aliphatic carbocycles. The number of halogens is 2. The third kappa shape index (κ3) is 6.11. The maximum atomic E-state index is 13.4. The Morgan fingerprint density at radius 3 is 1.90 bits per heavy atom. The van der Waals surface area contributed by atoms with Gasteiger partial charge in [0, 0.05) is 5.56 Å². The molecule has 9 nitrogen and oxygen atoms in total. The maximum Gasteiger partial charge on any atom is 0.345 e. The van der Waals surface area contributed by atoms with Crippen LogP contribution in [0.1, 0.15) is 58.5 Å². The summed E-state index contributed by atoms with van der Waals surface area (Å²) in [6, 6.07) is 2.83. The maximum absolute atomic E-state index is 13.4. The predicted octanol–water partition coefficient (Wildman–Crippen LogP) is 4.27. The van der Waals surface area contributed by atoms with E-state index in [1.807, 2.05) is 6.92 Å². The summed E-state index contributed by atoms with van der Waals surface area (Å²) < 4.78 is 26.5. The zero-order valence-corrected chi connectivity index (χ0v) is 16.7. The lowest BCUT2D eigenvalue weighted by Gasteiger charge is -2.07. The minimum absolute atomic E-state index is 0.0294. The van der Waals surface area contributed by atoms with Crippen molar-refractivity contribution in [3.8, 4) is 11.5 Å². The second-order valence-corrected chi connectivity index (χ2v) is 6.42. The highest BCUT2D eigenvalue weighted by Crippen LogP contribution is 2.36. The molecule has 11 heteroatoms. The van der Waals surface area contributed by atoms with Crippen LogP contribution >= 0.6 is 0 Å². The monoisotopic (exact) mass is 441 g/mol. The smallest absolute Gasteiger partial charge is 0.345 e. The molecule has 0 saturated carbocycles. The van der Waals surface area contributed by atoms with Crippen LogP contribution in [0.5, 0.6) is 11.5 Å². The quantitative estimate of drug-likeness (QED) is 0.366. The Morgan fingerprint density at radius 1 is 0.935 bits per heavy atom. The number of nitro groups is 1. The van der Waals surface area contributed by atoms with E-state index in [-0.39, 0.29) is 17.7 Å². The zero-order valence-electron chi connectivity index (χ0n) is 16.7. The molecule has 0 atom stereocenters. The molecule has 0 spiro atoms. The lowest BCUT2D eigenvalue weighted by Crippen LogP contribution is -2.08. The van der Waals surface area contributed by atoms with E-state index >= 15 is 0 Å². The first kappa shape index (κ1) is 25.3. The molecular weight excluding hydrogens is 420 g/mol. The summed E-state index contributed by atoms with van der Waals surface area (Å²) in [7, 11) is 0. The highest BCUT2D eigenvalue weighted by atomic mass is 19.1. The minimum Gasteiger partial charge on any atom is -0.508 e. The van der Waals surface area contributed by atoms with Crippen LogP contribution in [0.15, 0.2) is 18.2 Å². The van der Waals surface area contributed by atoms with Crippen LogP contribution in [0.2, 0.25) is 0 Å². The van der Waals surface area contributed by atoms with Crippen LogP contribution in [0.4, 0.5) is 14.5 Å². The van der Waals surface area contributed by atoms with E-state index in [0.717, 1.165) is 24.6 Å². The Balaban J connectivity index is 0.000000316. The number of carboxylic acid groups (broad SMARTS) is 2. The van der Waals surface area contributed by atoms with Gasteiger partial charge in [0.15, 0.2) is 11.3 Å². The van der Waals surface area contributed by atoms with E-state index in [9.17, 15) is 38.7 Å². The first-order chi connectivity index (χ1) is 14.5. The Kier molecular flexibility index (Phi) is 8.85. The Hall–Kier alpha value is -3.76. The number of nitrogens with zero attached hydrogens (tertiary/aromatic N) is 1. The average Bonchev–Trinajstić information content (AvgIpc) is 2.66. The molecular formula is C20H21F2NO8. The van der Waals surface area contributed by atoms with E-state index in [1.165, 1.54) is 0 Å². The van der Waals surface area contributed by atoms with Gasteiger partial charge < -0.3 is 20.4 Å². The fourth-order valence-electron chi connectivity index (χ4n) is 2.75. The topological polar surface area (TPSA) is 158 Å². The summed E-state index contributed by atoms with van der Waals surface area (Å²) in [6.45, 7) is 3.64. The lowest BCUT2D eigenvalue weighted by molar-refractivity contribution is -0.386. The summed E-state index contributed by atoms with van der Waals surface area (Å²) in [5, 5.41) is 46.9. The Labute approximate surface area is 175 Å². The number of carboxylic acids is 2. The molecule has 4 N–H and O–H groups in total. The van der Waals surface area contributed by atoms with Crippen LogP contribution < -0.4 is 0 Å². The van der Waals surface area contributed by atoms with Gasteiger partial charge in [-0.2, -0.15) is 0 Å². The van der Waals surface area contributed by atoms with E-state index in [2.05, 4.69) is 0 Å². The first-order valence-electron chi connectivity index (χ1n) is 9.12. The van der Waals surface area contributed by atoms with Crippen LogP contribution in [-0.4, -0.2) is 37.3 Å². The van der Waals surface area contributed by atoms with Gasteiger partial charge in [0.2, 0.25) is 0 Å². The Morgan fingerprint density at radius 2 is 1.45 bits per heavy atom. The van der Waals surface area contributed by atoms with Gasteiger partial charge in [-0.15, -0.1) is 0 Å². The van der Waals surface area contributed by atoms with E-state index < -0.39 is 51.1 Å². The first-order valence-corrected chi connectivity index (χ1v) is 9.12. The molecule has 0 unspecified atom stereocenters. The number of nitro benzene ring substituents is 1. The largest absolute Gasteiger partial charge is 0.508 e. The number of hydrogen-bond donors (Lipinski definition) is 4. The number of aryl methyl sites for hydroxylation is 2. The second-order valence-electron chi connectivity index (χ2n) is 6.42. The van der Waals surface area contributed by atoms with Gasteiger partial charge in [-0.25, -0.2) is 18.4 Å². The number of hydrogen-bond acceptors (Lipinski definition) is 6. The number of phenolic OH excluding ortho intramolecular Hbond substituents is 2. The molecule has 0 radical (unpaired) electrons. The van der Waals surface area contributed by atoms with Gasteiger partial charge in [-0.1, -0.05) is 26.7 Å². The highest BCUT2D eigenvalue weighted by molar-refractivity contribution is 5.94. The molecule has 0 aliphatic rings. The molecule has 0 saturated heterocycles. The van der Waals surface area contributed by atoms with Crippen LogP contribution in [0.3, 0.4) is 0 Å². The third-order valence-corrected chi connectivity index (χ3v) is 4.14. The molecule has 31 heavy (non-hydrogen) atoms. The van der Waals surface area contributed by atoms with Crippen molar-refractivity contribution in [1.82, 2.24) is 0 Å². The third-order valence-electron chi connectivity index (χ3n) is 4.14. The molecule has 0 amide bonds. The summed E-state index contributed by atoms with van der Waals surface area (Å²) in [4.78, 5) is 30.8. The van der Waals surface area contributed by atoms with E-state index in [0.29, 0.717) is 18.4 Å². The van der Waals surface area contributed by atoms with Crippen LogP contribution in [0.25, 0.3) is 0 Å². The molecule has 0 aromatic heterocycles. The molecule has 0 bridgehead atoms. The SMILES string of the molecule is CCCc1cc(F)c(C(=O)O)c([N+](=O)[O-])c1O.CCCc1cc(F)c(C(=O)O)cc1O. The van der Waals surface area contributed by atoms with Crippen LogP contribution in [-0.2, 0) is 12.8 Å². The fraction of sp³-hybridized carbons (Fsp3) is 0.300. The summed E-state index contributed by atoms with van der Waals surface area (Å²) in [5.74, 6) is -6.13. The van der Waals surface area contributed by atoms with Crippen molar-refractivity contribution in [3.63, 3.8) is 0 Å². The zero-order chi connectivity index (χ0) is 23.9. The Bertz CT molecular complexity index is 1010. The van der Waals surface area contributed by atoms with Gasteiger partial charge >= 0.3 is 17.6 Å². The molecule has 2 aromatic rings. The number of carbonyl (C=O) groups is 2. The summed E-state index contributed by atoms with van der Waals surface area (Å²) >= 11 is 0. The van der Waals surface area contributed by atoms with Crippen molar-refractivity contribution in [2.45, 2.75) is 39.5 Å². The number of aromatic carboxylic acids is 2. The van der Waals surface area contributed by atoms with Crippen molar-refractivity contribution in [3.05, 3.63) is 62.2 Å². The predicted molar refractivity (Wildman–Crippen MR) is 105 cm³/mol. The molecule has 168 valence electrons. The van der Waals surface area contributed by atoms with Gasteiger partial charge in [0.1, 0.15) is 17.4 Å². The van der Waals surface area contributed by atoms with Gasteiger partial charge in [-0.3, -0.25) is 10.1 Å². The molecule has 0 aliphatic heterocycles. The molecule has 0 fully saturated rings. The molecule has 2 aromatic carbocycles. The van der Waals surface area contributed by atoms with Crippen molar-refractivity contribution < 1.29 is 43.7 Å². The number of aromatic hydroxyl groups is 2. The van der Waals surface area contributed by atoms with Crippen molar-refractivity contribution in [2.24, 2.45) is 0 Å². The van der Waals surface area contributed by atoms with Crippen molar-refractivity contribution >= 4 is 17.6 Å². The van der Waals surface area contributed by atoms with Crippen molar-refractivity contribution in [2.75, 3.05) is 0 Å². The fourth-order valence-corrected chi connectivity index (χ4v) is 2.75. The summed E-state index contributed by atoms with van der Waals surface area (Å²) in [6.07, 6.45) is 2.06. The second kappa shape index (κ2) is 10.9. The van der Waals surface area contributed by atoms with Gasteiger partial charge in [0.05, 0.1) is 10.5 Å². The van der Waals surface area contributed by atoms with Gasteiger partial charge in [0.25, 0.3) is 0 Å². The molecule has 2 rings (SSSR count). The van der Waals surface area contributed by atoms with E-state index in [1.54, 1.807) is 6.92 Å². The van der Waals surface area contributed by atoms with Crippen molar-refractivity contribution in [1.29, 1.82) is 0 Å². The highest BCUT2D eigenvalue weighted by Gasteiger charge is 2.31. The number of phenols is 2. The van der Waals surface area contributed by atoms with Gasteiger partial charge in [-0.05, 0) is 36.6 Å². The lowest BCUT2D eigenvalue weighted by atomic mass is 10.0. The van der Waals surface area contributed by atoms with Crippen LogP contribution in [0, 0.1) is 21.7 Å². The standard InChI is InChI=1S/C10H10FNO5.C10H11FO3/c1-2-3-5-4-6(11)7(10(14)15)8(9(5)13)12(16)17;1-2-3-6-4-8(11)7(10(13)14)5-9(6)12/h4,13H,2-3H2,1H3,(H,14,15);4-5,12H,2-3H2,1H3,(H,13,14). The normalized spacial score (nSPS) is 10.2. The average molecular weight is 441 g/mol. The molecule has 0 heterocycles.